The Labute approximate surface area is 87.2 Å². The minimum atomic E-state index is 0.00490. The van der Waals surface area contributed by atoms with Gasteiger partial charge < -0.3 is 5.32 Å². The third-order valence-electron chi connectivity index (χ3n) is 1.69. The van der Waals surface area contributed by atoms with E-state index in [0.29, 0.717) is 5.95 Å². The van der Waals surface area contributed by atoms with E-state index < -0.39 is 0 Å². The van der Waals surface area contributed by atoms with E-state index >= 15 is 0 Å². The van der Waals surface area contributed by atoms with Crippen molar-refractivity contribution in [2.45, 2.75) is 26.3 Å². The van der Waals surface area contributed by atoms with E-state index in [0.717, 1.165) is 10.2 Å². The molecule has 0 aliphatic carbocycles. The molecule has 0 aromatic carbocycles. The first-order valence-electron chi connectivity index (χ1n) is 4.53. The van der Waals surface area contributed by atoms with E-state index in [1.807, 2.05) is 17.6 Å². The molecule has 4 heteroatoms. The third kappa shape index (κ3) is 2.01. The summed E-state index contributed by atoms with van der Waals surface area (Å²) in [5.74, 6) is 0.701. The maximum atomic E-state index is 4.42. The molecule has 3 nitrogen and oxygen atoms in total. The summed E-state index contributed by atoms with van der Waals surface area (Å²) >= 11 is 1.64. The van der Waals surface area contributed by atoms with E-state index in [1.165, 1.54) is 0 Å². The fourth-order valence-corrected chi connectivity index (χ4v) is 1.89. The van der Waals surface area contributed by atoms with Crippen molar-refractivity contribution in [3.63, 3.8) is 0 Å². The van der Waals surface area contributed by atoms with Crippen LogP contribution in [0.15, 0.2) is 17.6 Å². The van der Waals surface area contributed by atoms with Gasteiger partial charge >= 0.3 is 0 Å². The van der Waals surface area contributed by atoms with Gasteiger partial charge in [-0.25, -0.2) is 9.97 Å². The highest BCUT2D eigenvalue weighted by atomic mass is 32.1. The van der Waals surface area contributed by atoms with Crippen LogP contribution in [-0.2, 0) is 0 Å². The normalized spacial score (nSPS) is 11.9. The van der Waals surface area contributed by atoms with Gasteiger partial charge in [0, 0.05) is 17.1 Å². The van der Waals surface area contributed by atoms with Crippen LogP contribution in [0.2, 0.25) is 0 Å². The topological polar surface area (TPSA) is 37.8 Å². The molecule has 0 fully saturated rings. The van der Waals surface area contributed by atoms with Crippen LogP contribution in [0.5, 0.6) is 0 Å². The predicted octanol–water partition coefficient (Wildman–Crippen LogP) is 2.90. The summed E-state index contributed by atoms with van der Waals surface area (Å²) in [6, 6.07) is 2.03. The van der Waals surface area contributed by atoms with Crippen molar-refractivity contribution in [2.75, 3.05) is 5.32 Å². The quantitative estimate of drug-likeness (QED) is 0.781. The van der Waals surface area contributed by atoms with Crippen molar-refractivity contribution in [1.29, 1.82) is 0 Å². The van der Waals surface area contributed by atoms with Crippen LogP contribution in [0.4, 0.5) is 5.95 Å². The highest BCUT2D eigenvalue weighted by molar-refractivity contribution is 7.16. The molecule has 0 atom stereocenters. The molecule has 0 aliphatic rings. The van der Waals surface area contributed by atoms with E-state index in [9.17, 15) is 0 Å². The lowest BCUT2D eigenvalue weighted by molar-refractivity contribution is 0.626. The molecular formula is C10H13N3S. The van der Waals surface area contributed by atoms with Gasteiger partial charge in [0.1, 0.15) is 4.83 Å². The number of aromatic nitrogens is 2. The smallest absolute Gasteiger partial charge is 0.224 e. The summed E-state index contributed by atoms with van der Waals surface area (Å²) in [5, 5.41) is 6.38. The lowest BCUT2D eigenvalue weighted by atomic mass is 10.1. The first-order chi connectivity index (χ1) is 6.54. The average molecular weight is 207 g/mol. The predicted molar refractivity (Wildman–Crippen MR) is 60.8 cm³/mol. The van der Waals surface area contributed by atoms with Crippen LogP contribution < -0.4 is 5.32 Å². The number of fused-ring (bicyclic) bond motifs is 1. The molecule has 0 unspecified atom stereocenters. The Morgan fingerprint density at radius 3 is 2.86 bits per heavy atom. The number of nitrogens with zero attached hydrogens (tertiary/aromatic N) is 2. The largest absolute Gasteiger partial charge is 0.350 e. The van der Waals surface area contributed by atoms with Gasteiger partial charge in [-0.3, -0.25) is 0 Å². The van der Waals surface area contributed by atoms with Gasteiger partial charge in [0.2, 0.25) is 5.95 Å². The monoisotopic (exact) mass is 207 g/mol. The molecule has 0 saturated heterocycles. The second-order valence-corrected chi connectivity index (χ2v) is 5.14. The summed E-state index contributed by atoms with van der Waals surface area (Å²) in [6.07, 6.45) is 1.85. The van der Waals surface area contributed by atoms with Gasteiger partial charge in [-0.15, -0.1) is 11.3 Å². The molecule has 0 aliphatic heterocycles. The van der Waals surface area contributed by atoms with E-state index in [-0.39, 0.29) is 5.54 Å². The molecule has 74 valence electrons. The molecule has 0 bridgehead atoms. The second-order valence-electron chi connectivity index (χ2n) is 4.25. The van der Waals surface area contributed by atoms with Crippen molar-refractivity contribution in [2.24, 2.45) is 0 Å². The number of rotatable bonds is 1. The maximum Gasteiger partial charge on any atom is 0.224 e. The molecule has 2 aromatic heterocycles. The van der Waals surface area contributed by atoms with Gasteiger partial charge in [0.15, 0.2) is 0 Å². The average Bonchev–Trinajstić information content (AvgIpc) is 2.47. The molecule has 14 heavy (non-hydrogen) atoms. The van der Waals surface area contributed by atoms with Crippen molar-refractivity contribution in [1.82, 2.24) is 9.97 Å². The van der Waals surface area contributed by atoms with Gasteiger partial charge in [-0.05, 0) is 32.2 Å². The highest BCUT2D eigenvalue weighted by Crippen LogP contribution is 2.19. The van der Waals surface area contributed by atoms with Crippen molar-refractivity contribution >= 4 is 27.5 Å². The first-order valence-corrected chi connectivity index (χ1v) is 5.41. The number of anilines is 1. The summed E-state index contributed by atoms with van der Waals surface area (Å²) in [7, 11) is 0. The van der Waals surface area contributed by atoms with Gasteiger partial charge in [0.25, 0.3) is 0 Å². The number of nitrogens with one attached hydrogen (secondary N) is 1. The van der Waals surface area contributed by atoms with E-state index in [2.05, 4.69) is 36.1 Å². The fraction of sp³-hybridized carbons (Fsp3) is 0.400. The molecule has 0 amide bonds. The van der Waals surface area contributed by atoms with Gasteiger partial charge in [-0.1, -0.05) is 0 Å². The van der Waals surface area contributed by atoms with Crippen LogP contribution in [0.1, 0.15) is 20.8 Å². The first kappa shape index (κ1) is 9.40. The minimum Gasteiger partial charge on any atom is -0.350 e. The molecule has 0 saturated carbocycles. The van der Waals surface area contributed by atoms with E-state index in [1.54, 1.807) is 11.3 Å². The summed E-state index contributed by atoms with van der Waals surface area (Å²) in [4.78, 5) is 9.70. The Balaban J connectivity index is 2.35. The molecular weight excluding hydrogens is 194 g/mol. The van der Waals surface area contributed by atoms with Crippen LogP contribution in [-0.4, -0.2) is 15.5 Å². The van der Waals surface area contributed by atoms with Crippen LogP contribution in [0.3, 0.4) is 0 Å². The maximum absolute atomic E-state index is 4.42. The lowest BCUT2D eigenvalue weighted by Gasteiger charge is -2.19. The number of hydrogen-bond donors (Lipinski definition) is 1. The molecule has 2 heterocycles. The molecule has 0 spiro atoms. The second kappa shape index (κ2) is 3.20. The molecule has 1 N–H and O–H groups in total. The SMILES string of the molecule is CC(C)(C)Nc1ncc2ccsc2n1. The van der Waals surface area contributed by atoms with Crippen molar-refractivity contribution in [3.05, 3.63) is 17.6 Å². The highest BCUT2D eigenvalue weighted by Gasteiger charge is 2.11. The third-order valence-corrected chi connectivity index (χ3v) is 2.52. The standard InChI is InChI=1S/C10H13N3S/c1-10(2,3)13-9-11-6-7-4-5-14-8(7)12-9/h4-6H,1-3H3,(H,11,12,13). The molecule has 2 rings (SSSR count). The van der Waals surface area contributed by atoms with Crippen molar-refractivity contribution < 1.29 is 0 Å². The zero-order valence-corrected chi connectivity index (χ0v) is 9.35. The van der Waals surface area contributed by atoms with Crippen LogP contribution >= 0.6 is 11.3 Å². The minimum absolute atomic E-state index is 0.00490. The van der Waals surface area contributed by atoms with Crippen LogP contribution in [0.25, 0.3) is 10.2 Å². The summed E-state index contributed by atoms with van der Waals surface area (Å²) in [5.41, 5.74) is 0.00490. The number of thiophene rings is 1. The van der Waals surface area contributed by atoms with Crippen molar-refractivity contribution in [3.8, 4) is 0 Å². The van der Waals surface area contributed by atoms with Gasteiger partial charge in [-0.2, -0.15) is 0 Å². The van der Waals surface area contributed by atoms with Gasteiger partial charge in [0.05, 0.1) is 0 Å². The Hall–Kier alpha value is -1.16. The lowest BCUT2D eigenvalue weighted by Crippen LogP contribution is -2.27. The fourth-order valence-electron chi connectivity index (χ4n) is 1.15. The Bertz CT molecular complexity index is 442. The number of hydrogen-bond acceptors (Lipinski definition) is 4. The zero-order chi connectivity index (χ0) is 10.2. The Morgan fingerprint density at radius 1 is 1.36 bits per heavy atom. The molecule has 2 aromatic rings. The van der Waals surface area contributed by atoms with E-state index in [4.69, 9.17) is 0 Å². The zero-order valence-electron chi connectivity index (χ0n) is 8.53. The molecule has 0 radical (unpaired) electrons. The Kier molecular flexibility index (Phi) is 2.15. The van der Waals surface area contributed by atoms with Crippen LogP contribution in [0, 0.1) is 0 Å². The summed E-state index contributed by atoms with van der Waals surface area (Å²) < 4.78 is 0. The Morgan fingerprint density at radius 2 is 2.14 bits per heavy atom. The summed E-state index contributed by atoms with van der Waals surface area (Å²) in [6.45, 7) is 6.28.